The van der Waals surface area contributed by atoms with Crippen molar-refractivity contribution < 1.29 is 22.5 Å². The Morgan fingerprint density at radius 1 is 1.35 bits per heavy atom. The van der Waals surface area contributed by atoms with Crippen LogP contribution in [-0.4, -0.2) is 43.7 Å². The van der Waals surface area contributed by atoms with Gasteiger partial charge < -0.3 is 10.0 Å². The van der Waals surface area contributed by atoms with Crippen LogP contribution in [0.2, 0.25) is 0 Å². The molecule has 2 rings (SSSR count). The third kappa shape index (κ3) is 3.49. The lowest BCUT2D eigenvalue weighted by Gasteiger charge is -2.30. The van der Waals surface area contributed by atoms with Crippen LogP contribution in [0.15, 0.2) is 29.2 Å². The van der Waals surface area contributed by atoms with Crippen LogP contribution in [-0.2, 0) is 14.3 Å². The average Bonchev–Trinajstić information content (AvgIpc) is 2.39. The van der Waals surface area contributed by atoms with Gasteiger partial charge in [0.05, 0.1) is 17.5 Å². The van der Waals surface area contributed by atoms with Crippen molar-refractivity contribution in [2.75, 3.05) is 13.1 Å². The minimum Gasteiger partial charge on any atom is -0.465 e. The van der Waals surface area contributed by atoms with Gasteiger partial charge in [-0.3, -0.25) is 4.18 Å². The van der Waals surface area contributed by atoms with Crippen LogP contribution in [0.5, 0.6) is 0 Å². The van der Waals surface area contributed by atoms with Crippen molar-refractivity contribution in [1.29, 1.82) is 0 Å². The van der Waals surface area contributed by atoms with E-state index in [1.54, 1.807) is 12.1 Å². The monoisotopic (exact) mass is 299 g/mol. The van der Waals surface area contributed by atoms with Crippen LogP contribution in [0.25, 0.3) is 0 Å². The Morgan fingerprint density at radius 2 is 2.00 bits per heavy atom. The minimum absolute atomic E-state index is 0.0838. The minimum atomic E-state index is -3.85. The maximum Gasteiger partial charge on any atom is 0.407 e. The fourth-order valence-corrected chi connectivity index (χ4v) is 3.23. The second kappa shape index (κ2) is 5.80. The molecule has 20 heavy (non-hydrogen) atoms. The van der Waals surface area contributed by atoms with Gasteiger partial charge in [0.2, 0.25) is 0 Å². The molecule has 0 aromatic heterocycles. The van der Waals surface area contributed by atoms with Gasteiger partial charge in [-0.2, -0.15) is 8.42 Å². The van der Waals surface area contributed by atoms with Crippen molar-refractivity contribution >= 4 is 16.2 Å². The summed E-state index contributed by atoms with van der Waals surface area (Å²) in [7, 11) is -3.85. The van der Waals surface area contributed by atoms with Gasteiger partial charge in [-0.25, -0.2) is 4.79 Å². The summed E-state index contributed by atoms with van der Waals surface area (Å²) in [6.07, 6.45) is -0.535. The standard InChI is InChI=1S/C13H17NO5S/c1-10-4-6-12(7-5-10)20(17,18)19-11-3-2-8-14(9-11)13(15)16/h4-7,11H,2-3,8-9H2,1H3,(H,15,16). The van der Waals surface area contributed by atoms with E-state index in [2.05, 4.69) is 0 Å². The van der Waals surface area contributed by atoms with E-state index in [0.29, 0.717) is 19.4 Å². The summed E-state index contributed by atoms with van der Waals surface area (Å²) in [4.78, 5) is 12.2. The van der Waals surface area contributed by atoms with Crippen molar-refractivity contribution in [3.8, 4) is 0 Å². The third-order valence-corrected chi connectivity index (χ3v) is 4.60. The largest absolute Gasteiger partial charge is 0.465 e. The molecule has 1 atom stereocenters. The van der Waals surface area contributed by atoms with Crippen molar-refractivity contribution in [2.45, 2.75) is 30.8 Å². The SMILES string of the molecule is Cc1ccc(S(=O)(=O)OC2CCCN(C(=O)O)C2)cc1. The molecule has 1 N–H and O–H groups in total. The number of carbonyl (C=O) groups is 1. The van der Waals surface area contributed by atoms with Crippen molar-refractivity contribution in [2.24, 2.45) is 0 Å². The summed E-state index contributed by atoms with van der Waals surface area (Å²) in [6.45, 7) is 2.36. The number of rotatable bonds is 3. The fourth-order valence-electron chi connectivity index (χ4n) is 2.13. The molecule has 1 amide bonds. The van der Waals surface area contributed by atoms with E-state index in [0.717, 1.165) is 5.56 Å². The van der Waals surface area contributed by atoms with Crippen molar-refractivity contribution in [1.82, 2.24) is 4.90 Å². The Labute approximate surface area is 118 Å². The summed E-state index contributed by atoms with van der Waals surface area (Å²) >= 11 is 0. The van der Waals surface area contributed by atoms with Gasteiger partial charge in [-0.1, -0.05) is 17.7 Å². The van der Waals surface area contributed by atoms with E-state index in [-0.39, 0.29) is 11.4 Å². The zero-order valence-corrected chi connectivity index (χ0v) is 12.0. The number of nitrogens with zero attached hydrogens (tertiary/aromatic N) is 1. The van der Waals surface area contributed by atoms with E-state index in [1.807, 2.05) is 6.92 Å². The lowest BCUT2D eigenvalue weighted by atomic mass is 10.1. The van der Waals surface area contributed by atoms with E-state index in [1.165, 1.54) is 17.0 Å². The van der Waals surface area contributed by atoms with Crippen LogP contribution in [0.3, 0.4) is 0 Å². The Hall–Kier alpha value is -1.60. The highest BCUT2D eigenvalue weighted by molar-refractivity contribution is 7.86. The maximum absolute atomic E-state index is 12.1. The highest BCUT2D eigenvalue weighted by atomic mass is 32.2. The molecule has 7 heteroatoms. The first-order chi connectivity index (χ1) is 9.38. The Bertz CT molecular complexity index is 581. The normalized spacial score (nSPS) is 19.9. The number of hydrogen-bond acceptors (Lipinski definition) is 4. The molecule has 1 unspecified atom stereocenters. The molecule has 0 bridgehead atoms. The van der Waals surface area contributed by atoms with Gasteiger partial charge >= 0.3 is 6.09 Å². The zero-order valence-electron chi connectivity index (χ0n) is 11.2. The summed E-state index contributed by atoms with van der Waals surface area (Å²) in [5.74, 6) is 0. The van der Waals surface area contributed by atoms with E-state index < -0.39 is 22.3 Å². The average molecular weight is 299 g/mol. The molecule has 1 aliphatic rings. The van der Waals surface area contributed by atoms with Gasteiger partial charge in [-0.15, -0.1) is 0 Å². The number of aryl methyl sites for hydroxylation is 1. The molecule has 110 valence electrons. The molecule has 1 heterocycles. The number of amides is 1. The molecule has 6 nitrogen and oxygen atoms in total. The summed E-state index contributed by atoms with van der Waals surface area (Å²) in [5, 5.41) is 8.92. The summed E-state index contributed by atoms with van der Waals surface area (Å²) in [5.41, 5.74) is 0.957. The summed E-state index contributed by atoms with van der Waals surface area (Å²) < 4.78 is 29.4. The topological polar surface area (TPSA) is 83.9 Å². The highest BCUT2D eigenvalue weighted by Gasteiger charge is 2.28. The Balaban J connectivity index is 2.08. The molecule has 0 saturated carbocycles. The molecule has 1 saturated heterocycles. The molecular formula is C13H17NO5S. The lowest BCUT2D eigenvalue weighted by Crippen LogP contribution is -2.43. The Kier molecular flexibility index (Phi) is 4.29. The first kappa shape index (κ1) is 14.8. The van der Waals surface area contributed by atoms with Crippen LogP contribution >= 0.6 is 0 Å². The maximum atomic E-state index is 12.1. The number of piperidine rings is 1. The van der Waals surface area contributed by atoms with E-state index >= 15 is 0 Å². The van der Waals surface area contributed by atoms with Gasteiger partial charge in [0.1, 0.15) is 0 Å². The van der Waals surface area contributed by atoms with E-state index in [9.17, 15) is 13.2 Å². The predicted molar refractivity (Wildman–Crippen MR) is 72.1 cm³/mol. The Morgan fingerprint density at radius 3 is 2.60 bits per heavy atom. The quantitative estimate of drug-likeness (QED) is 0.861. The fraction of sp³-hybridized carbons (Fsp3) is 0.462. The first-order valence-corrected chi connectivity index (χ1v) is 7.77. The number of likely N-dealkylation sites (tertiary alicyclic amines) is 1. The molecule has 1 aliphatic heterocycles. The third-order valence-electron chi connectivity index (χ3n) is 3.22. The molecule has 0 radical (unpaired) electrons. The highest BCUT2D eigenvalue weighted by Crippen LogP contribution is 2.20. The number of carboxylic acid groups (broad SMARTS) is 1. The van der Waals surface area contributed by atoms with Crippen LogP contribution < -0.4 is 0 Å². The summed E-state index contributed by atoms with van der Waals surface area (Å²) in [6, 6.07) is 6.37. The molecule has 0 aliphatic carbocycles. The first-order valence-electron chi connectivity index (χ1n) is 6.36. The number of hydrogen-bond donors (Lipinski definition) is 1. The number of benzene rings is 1. The molecule has 1 fully saturated rings. The van der Waals surface area contributed by atoms with Crippen molar-refractivity contribution in [3.05, 3.63) is 29.8 Å². The molecule has 1 aromatic rings. The molecular weight excluding hydrogens is 282 g/mol. The second-order valence-corrected chi connectivity index (χ2v) is 6.43. The van der Waals surface area contributed by atoms with Gasteiger partial charge in [0.25, 0.3) is 10.1 Å². The van der Waals surface area contributed by atoms with Gasteiger partial charge in [0, 0.05) is 6.54 Å². The lowest BCUT2D eigenvalue weighted by molar-refractivity contribution is 0.0822. The van der Waals surface area contributed by atoms with Crippen molar-refractivity contribution in [3.63, 3.8) is 0 Å². The van der Waals surface area contributed by atoms with Crippen LogP contribution in [0.4, 0.5) is 4.79 Å². The predicted octanol–water partition coefficient (Wildman–Crippen LogP) is 1.84. The van der Waals surface area contributed by atoms with Gasteiger partial charge in [-0.05, 0) is 31.9 Å². The zero-order chi connectivity index (χ0) is 14.8. The van der Waals surface area contributed by atoms with Gasteiger partial charge in [0.15, 0.2) is 0 Å². The smallest absolute Gasteiger partial charge is 0.407 e. The second-order valence-electron chi connectivity index (χ2n) is 4.86. The molecule has 0 spiro atoms. The van der Waals surface area contributed by atoms with Crippen LogP contribution in [0, 0.1) is 6.92 Å². The van der Waals surface area contributed by atoms with E-state index in [4.69, 9.17) is 9.29 Å². The molecule has 1 aromatic carbocycles. The van der Waals surface area contributed by atoms with Crippen LogP contribution in [0.1, 0.15) is 18.4 Å².